The van der Waals surface area contributed by atoms with Crippen LogP contribution in [0.5, 0.6) is 11.5 Å². The van der Waals surface area contributed by atoms with E-state index >= 15 is 0 Å². The van der Waals surface area contributed by atoms with E-state index < -0.39 is 0 Å². The highest BCUT2D eigenvalue weighted by Crippen LogP contribution is 2.41. The molecule has 4 nitrogen and oxygen atoms in total. The Hall–Kier alpha value is -0.780. The summed E-state index contributed by atoms with van der Waals surface area (Å²) in [5, 5.41) is 3.57. The molecule has 0 spiro atoms. The van der Waals surface area contributed by atoms with Crippen LogP contribution in [0.25, 0.3) is 0 Å². The Morgan fingerprint density at radius 3 is 2.57 bits per heavy atom. The van der Waals surface area contributed by atoms with Crippen LogP contribution in [0.1, 0.15) is 31.9 Å². The van der Waals surface area contributed by atoms with Crippen LogP contribution in [-0.2, 0) is 4.74 Å². The highest BCUT2D eigenvalue weighted by atomic mass is 79.9. The highest BCUT2D eigenvalue weighted by Gasteiger charge is 2.34. The molecule has 2 aliphatic rings. The second-order valence-electron chi connectivity index (χ2n) is 5.65. The number of rotatable bonds is 4. The second kappa shape index (κ2) is 6.55. The van der Waals surface area contributed by atoms with Crippen molar-refractivity contribution in [2.24, 2.45) is 5.92 Å². The first kappa shape index (κ1) is 15.1. The fourth-order valence-corrected chi connectivity index (χ4v) is 3.65. The summed E-state index contributed by atoms with van der Waals surface area (Å²) in [5.41, 5.74) is 1.18. The lowest BCUT2D eigenvalue weighted by molar-refractivity contribution is 0.0608. The molecule has 1 aromatic carbocycles. The van der Waals surface area contributed by atoms with Gasteiger partial charge in [-0.1, -0.05) is 29.8 Å². The molecule has 1 aromatic rings. The average Bonchev–Trinajstić information content (AvgIpc) is 2.90. The van der Waals surface area contributed by atoms with E-state index in [2.05, 4.69) is 41.2 Å². The Morgan fingerprint density at radius 2 is 1.95 bits per heavy atom. The molecular weight excluding hydrogens is 334 g/mol. The van der Waals surface area contributed by atoms with Gasteiger partial charge < -0.3 is 19.5 Å². The maximum Gasteiger partial charge on any atom is 0.162 e. The standard InChI is InChI=1S/C16H22BrNO3/c1-3-18-15(16-10(2)4-5-21-16)11-8-13-14(9-12(11)17)20-7-6-19-13/h8-10,15-16,18H,3-7H2,1-2H3. The normalized spacial score (nSPS) is 25.9. The topological polar surface area (TPSA) is 39.7 Å². The summed E-state index contributed by atoms with van der Waals surface area (Å²) < 4.78 is 18.4. The van der Waals surface area contributed by atoms with Crippen molar-refractivity contribution in [3.8, 4) is 11.5 Å². The number of halogens is 1. The quantitative estimate of drug-likeness (QED) is 0.899. The smallest absolute Gasteiger partial charge is 0.162 e. The first-order valence-electron chi connectivity index (χ1n) is 7.64. The minimum Gasteiger partial charge on any atom is -0.486 e. The molecule has 5 heteroatoms. The number of likely N-dealkylation sites (N-methyl/N-ethyl adjacent to an activating group) is 1. The minimum atomic E-state index is 0.165. The van der Waals surface area contributed by atoms with Crippen LogP contribution in [0.2, 0.25) is 0 Å². The Balaban J connectivity index is 1.94. The van der Waals surface area contributed by atoms with E-state index in [1.165, 1.54) is 5.56 Å². The molecule has 0 amide bonds. The average molecular weight is 356 g/mol. The lowest BCUT2D eigenvalue weighted by Gasteiger charge is -2.29. The van der Waals surface area contributed by atoms with Crippen molar-refractivity contribution in [1.29, 1.82) is 0 Å². The van der Waals surface area contributed by atoms with E-state index in [-0.39, 0.29) is 12.1 Å². The monoisotopic (exact) mass is 355 g/mol. The second-order valence-corrected chi connectivity index (χ2v) is 6.51. The minimum absolute atomic E-state index is 0.165. The van der Waals surface area contributed by atoms with E-state index in [0.717, 1.165) is 35.5 Å². The molecule has 3 rings (SSSR count). The van der Waals surface area contributed by atoms with E-state index in [0.29, 0.717) is 19.1 Å². The number of hydrogen-bond acceptors (Lipinski definition) is 4. The van der Waals surface area contributed by atoms with E-state index in [1.807, 2.05) is 6.07 Å². The molecule has 0 radical (unpaired) electrons. The van der Waals surface area contributed by atoms with E-state index in [4.69, 9.17) is 14.2 Å². The van der Waals surface area contributed by atoms with Gasteiger partial charge in [0, 0.05) is 11.1 Å². The van der Waals surface area contributed by atoms with Crippen molar-refractivity contribution in [2.75, 3.05) is 26.4 Å². The third-order valence-electron chi connectivity index (χ3n) is 4.19. The Labute approximate surface area is 134 Å². The molecule has 2 aliphatic heterocycles. The SMILES string of the molecule is CCNC(c1cc2c(cc1Br)OCCO2)C1OCCC1C. The van der Waals surface area contributed by atoms with Crippen LogP contribution < -0.4 is 14.8 Å². The zero-order valence-corrected chi connectivity index (χ0v) is 14.1. The van der Waals surface area contributed by atoms with Gasteiger partial charge in [-0.05, 0) is 36.6 Å². The lowest BCUT2D eigenvalue weighted by atomic mass is 9.92. The van der Waals surface area contributed by atoms with Crippen LogP contribution in [0.4, 0.5) is 0 Å². The first-order chi connectivity index (χ1) is 10.2. The molecule has 3 unspecified atom stereocenters. The van der Waals surface area contributed by atoms with Crippen molar-refractivity contribution in [2.45, 2.75) is 32.4 Å². The molecule has 116 valence electrons. The molecule has 0 bridgehead atoms. The molecule has 0 saturated carbocycles. The molecule has 0 aliphatic carbocycles. The molecule has 21 heavy (non-hydrogen) atoms. The molecule has 2 heterocycles. The summed E-state index contributed by atoms with van der Waals surface area (Å²) in [4.78, 5) is 0. The predicted octanol–water partition coefficient (Wildman–Crippen LogP) is 3.30. The third-order valence-corrected chi connectivity index (χ3v) is 4.88. The van der Waals surface area contributed by atoms with Gasteiger partial charge in [-0.25, -0.2) is 0 Å². The molecule has 0 aromatic heterocycles. The molecule has 1 saturated heterocycles. The molecule has 1 fully saturated rings. The summed E-state index contributed by atoms with van der Waals surface area (Å²) in [6.45, 7) is 7.34. The Morgan fingerprint density at radius 1 is 1.24 bits per heavy atom. The fraction of sp³-hybridized carbons (Fsp3) is 0.625. The number of fused-ring (bicyclic) bond motifs is 1. The van der Waals surface area contributed by atoms with Gasteiger partial charge in [-0.15, -0.1) is 0 Å². The summed E-state index contributed by atoms with van der Waals surface area (Å²) in [7, 11) is 0. The highest BCUT2D eigenvalue weighted by molar-refractivity contribution is 9.10. The van der Waals surface area contributed by atoms with Gasteiger partial charge in [0.2, 0.25) is 0 Å². The van der Waals surface area contributed by atoms with Gasteiger partial charge in [-0.2, -0.15) is 0 Å². The number of nitrogens with one attached hydrogen (secondary N) is 1. The van der Waals surface area contributed by atoms with Crippen molar-refractivity contribution in [3.63, 3.8) is 0 Å². The summed E-state index contributed by atoms with van der Waals surface area (Å²) >= 11 is 3.68. The number of benzene rings is 1. The van der Waals surface area contributed by atoms with E-state index in [9.17, 15) is 0 Å². The molecule has 1 N–H and O–H groups in total. The van der Waals surface area contributed by atoms with Crippen LogP contribution >= 0.6 is 15.9 Å². The predicted molar refractivity (Wildman–Crippen MR) is 85.1 cm³/mol. The molecular formula is C16H22BrNO3. The van der Waals surface area contributed by atoms with Crippen molar-refractivity contribution >= 4 is 15.9 Å². The Bertz CT molecular complexity index is 509. The summed E-state index contributed by atoms with van der Waals surface area (Å²) in [6.07, 6.45) is 1.32. The lowest BCUT2D eigenvalue weighted by Crippen LogP contribution is -2.35. The zero-order valence-electron chi connectivity index (χ0n) is 12.5. The number of hydrogen-bond donors (Lipinski definition) is 1. The van der Waals surface area contributed by atoms with Gasteiger partial charge in [0.05, 0.1) is 12.1 Å². The Kier molecular flexibility index (Phi) is 4.72. The van der Waals surface area contributed by atoms with Crippen molar-refractivity contribution < 1.29 is 14.2 Å². The van der Waals surface area contributed by atoms with Crippen LogP contribution in [-0.4, -0.2) is 32.5 Å². The maximum absolute atomic E-state index is 5.98. The van der Waals surface area contributed by atoms with Gasteiger partial charge in [0.15, 0.2) is 11.5 Å². The van der Waals surface area contributed by atoms with E-state index in [1.54, 1.807) is 0 Å². The van der Waals surface area contributed by atoms with Crippen LogP contribution in [0.15, 0.2) is 16.6 Å². The first-order valence-corrected chi connectivity index (χ1v) is 8.44. The van der Waals surface area contributed by atoms with Gasteiger partial charge in [-0.3, -0.25) is 0 Å². The maximum atomic E-state index is 5.98. The zero-order chi connectivity index (χ0) is 14.8. The van der Waals surface area contributed by atoms with Crippen molar-refractivity contribution in [1.82, 2.24) is 5.32 Å². The van der Waals surface area contributed by atoms with Crippen LogP contribution in [0.3, 0.4) is 0 Å². The summed E-state index contributed by atoms with van der Waals surface area (Å²) in [6, 6.07) is 4.26. The summed E-state index contributed by atoms with van der Waals surface area (Å²) in [5.74, 6) is 2.19. The largest absolute Gasteiger partial charge is 0.486 e. The molecule has 3 atom stereocenters. The fourth-order valence-electron chi connectivity index (χ4n) is 3.08. The van der Waals surface area contributed by atoms with Crippen LogP contribution in [0, 0.1) is 5.92 Å². The van der Waals surface area contributed by atoms with Gasteiger partial charge >= 0.3 is 0 Å². The third kappa shape index (κ3) is 3.05. The van der Waals surface area contributed by atoms with Gasteiger partial charge in [0.1, 0.15) is 13.2 Å². The van der Waals surface area contributed by atoms with Gasteiger partial charge in [0.25, 0.3) is 0 Å². The van der Waals surface area contributed by atoms with Crippen molar-refractivity contribution in [3.05, 3.63) is 22.2 Å². The number of ether oxygens (including phenoxy) is 3.